The van der Waals surface area contributed by atoms with Crippen molar-refractivity contribution in [2.45, 2.75) is 42.3 Å². The van der Waals surface area contributed by atoms with Crippen LogP contribution in [0.15, 0.2) is 0 Å². The Bertz CT molecular complexity index is 296. The molecule has 1 rings (SSSR count). The van der Waals surface area contributed by atoms with Gasteiger partial charge in [0.2, 0.25) is 0 Å². The highest BCUT2D eigenvalue weighted by atomic mass is 79.9. The molecule has 0 aromatic rings. The zero-order valence-corrected chi connectivity index (χ0v) is 12.7. The molecule has 98 valence electrons. The van der Waals surface area contributed by atoms with Gasteiger partial charge < -0.3 is 14.2 Å². The lowest BCUT2D eigenvalue weighted by Gasteiger charge is -2.36. The molecule has 1 saturated heterocycles. The van der Waals surface area contributed by atoms with Gasteiger partial charge in [-0.25, -0.2) is 0 Å². The lowest BCUT2D eigenvalue weighted by molar-refractivity contribution is -0.160. The molecule has 0 bridgehead atoms. The summed E-state index contributed by atoms with van der Waals surface area (Å²) in [6.07, 6.45) is -0.0981. The Labute approximate surface area is 116 Å². The molecule has 1 aliphatic heterocycles. The van der Waals surface area contributed by atoms with Crippen molar-refractivity contribution < 1.29 is 23.8 Å². The molecule has 7 heteroatoms. The highest BCUT2D eigenvalue weighted by Gasteiger charge is 2.38. The van der Waals surface area contributed by atoms with Gasteiger partial charge in [0.05, 0.1) is 4.83 Å². The highest BCUT2D eigenvalue weighted by molar-refractivity contribution is 9.10. The lowest BCUT2D eigenvalue weighted by Crippen LogP contribution is -2.47. The fourth-order valence-electron chi connectivity index (χ4n) is 1.53. The first-order valence-corrected chi connectivity index (χ1v) is 6.97. The van der Waals surface area contributed by atoms with Crippen LogP contribution in [0.2, 0.25) is 0 Å². The number of ether oxygens (including phenoxy) is 3. The summed E-state index contributed by atoms with van der Waals surface area (Å²) in [5.74, 6) is -0.707. The third-order valence-corrected chi connectivity index (χ3v) is 3.99. The molecule has 0 aromatic heterocycles. The molecule has 0 radical (unpaired) electrons. The minimum atomic E-state index is -0.367. The maximum Gasteiger partial charge on any atom is 0.302 e. The van der Waals surface area contributed by atoms with E-state index in [1.165, 1.54) is 13.8 Å². The molecule has 0 aliphatic carbocycles. The summed E-state index contributed by atoms with van der Waals surface area (Å²) in [5.41, 5.74) is 0. The largest absolute Gasteiger partial charge is 0.463 e. The van der Waals surface area contributed by atoms with Crippen molar-refractivity contribution in [2.75, 3.05) is 6.61 Å². The topological polar surface area (TPSA) is 61.8 Å². The average Bonchev–Trinajstić information content (AvgIpc) is 2.19. The number of alkyl halides is 2. The van der Waals surface area contributed by atoms with Crippen LogP contribution in [-0.4, -0.2) is 40.6 Å². The summed E-state index contributed by atoms with van der Waals surface area (Å²) in [6.45, 7) is 2.83. The van der Waals surface area contributed by atoms with Crippen LogP contribution in [0.4, 0.5) is 0 Å². The molecular weight excluding hydrogens is 360 g/mol. The van der Waals surface area contributed by atoms with Gasteiger partial charge in [-0.15, -0.1) is 0 Å². The zero-order chi connectivity index (χ0) is 13.0. The van der Waals surface area contributed by atoms with Gasteiger partial charge in [-0.1, -0.05) is 31.9 Å². The second-order valence-electron chi connectivity index (χ2n) is 3.72. The number of esters is 2. The molecule has 0 spiro atoms. The van der Waals surface area contributed by atoms with Crippen LogP contribution in [0.3, 0.4) is 0 Å². The summed E-state index contributed by atoms with van der Waals surface area (Å²) < 4.78 is 15.6. The normalized spacial score (nSPS) is 32.9. The van der Waals surface area contributed by atoms with Crippen LogP contribution >= 0.6 is 31.9 Å². The zero-order valence-electron chi connectivity index (χ0n) is 9.52. The molecule has 1 heterocycles. The van der Waals surface area contributed by atoms with Crippen LogP contribution in [0.25, 0.3) is 0 Å². The van der Waals surface area contributed by atoms with Crippen LogP contribution in [0.1, 0.15) is 20.3 Å². The number of rotatable bonds is 3. The number of hydrogen-bond donors (Lipinski definition) is 0. The van der Waals surface area contributed by atoms with E-state index in [0.29, 0.717) is 6.42 Å². The predicted octanol–water partition coefficient (Wildman–Crippen LogP) is 1.75. The molecule has 1 fully saturated rings. The lowest BCUT2D eigenvalue weighted by atomic mass is 10.1. The summed E-state index contributed by atoms with van der Waals surface area (Å²) in [4.78, 5) is 21.5. The molecule has 0 aromatic carbocycles. The van der Waals surface area contributed by atoms with Crippen LogP contribution in [-0.2, 0) is 23.8 Å². The van der Waals surface area contributed by atoms with E-state index < -0.39 is 0 Å². The van der Waals surface area contributed by atoms with Gasteiger partial charge in [-0.2, -0.15) is 0 Å². The van der Waals surface area contributed by atoms with Gasteiger partial charge in [0.15, 0.2) is 0 Å². The van der Waals surface area contributed by atoms with Crippen molar-refractivity contribution >= 4 is 43.8 Å². The fourth-order valence-corrected chi connectivity index (χ4v) is 2.78. The first-order chi connectivity index (χ1) is 7.90. The Hall–Kier alpha value is -0.140. The van der Waals surface area contributed by atoms with E-state index in [1.54, 1.807) is 0 Å². The second kappa shape index (κ2) is 6.70. The maximum absolute atomic E-state index is 11.0. The Morgan fingerprint density at radius 3 is 2.47 bits per heavy atom. The van der Waals surface area contributed by atoms with E-state index in [4.69, 9.17) is 14.2 Å². The number of halogens is 2. The Morgan fingerprint density at radius 1 is 1.29 bits per heavy atom. The van der Waals surface area contributed by atoms with E-state index in [-0.39, 0.29) is 40.6 Å². The predicted molar refractivity (Wildman–Crippen MR) is 67.1 cm³/mol. The van der Waals surface area contributed by atoms with Crippen molar-refractivity contribution in [1.82, 2.24) is 0 Å². The minimum absolute atomic E-state index is 0.130. The van der Waals surface area contributed by atoms with Crippen molar-refractivity contribution in [3.05, 3.63) is 0 Å². The smallest absolute Gasteiger partial charge is 0.302 e. The first-order valence-electron chi connectivity index (χ1n) is 5.14. The van der Waals surface area contributed by atoms with Gasteiger partial charge in [0, 0.05) is 20.3 Å². The SMILES string of the molecule is CC(=O)OC[C@H]1OC(Br)C[C@@H](OC(C)=O)[C@@H]1Br. The van der Waals surface area contributed by atoms with E-state index in [0.717, 1.165) is 0 Å². The third-order valence-electron chi connectivity index (χ3n) is 2.22. The van der Waals surface area contributed by atoms with Crippen LogP contribution in [0.5, 0.6) is 0 Å². The molecule has 5 nitrogen and oxygen atoms in total. The molecule has 0 N–H and O–H groups in total. The van der Waals surface area contributed by atoms with Gasteiger partial charge in [-0.3, -0.25) is 9.59 Å². The van der Waals surface area contributed by atoms with E-state index in [1.807, 2.05) is 0 Å². The van der Waals surface area contributed by atoms with E-state index in [2.05, 4.69) is 31.9 Å². The fraction of sp³-hybridized carbons (Fsp3) is 0.800. The third kappa shape index (κ3) is 4.93. The summed E-state index contributed by atoms with van der Waals surface area (Å²) in [5, 5.41) is -0.221. The Kier molecular flexibility index (Phi) is 5.88. The Balaban J connectivity index is 2.57. The molecule has 17 heavy (non-hydrogen) atoms. The van der Waals surface area contributed by atoms with Crippen molar-refractivity contribution in [1.29, 1.82) is 0 Å². The first kappa shape index (κ1) is 14.9. The number of carbonyl (C=O) groups is 2. The molecule has 1 aliphatic rings. The van der Waals surface area contributed by atoms with Gasteiger partial charge in [0.1, 0.15) is 23.8 Å². The quantitative estimate of drug-likeness (QED) is 0.557. The molecule has 1 unspecified atom stereocenters. The van der Waals surface area contributed by atoms with Crippen LogP contribution in [0, 0.1) is 0 Å². The van der Waals surface area contributed by atoms with Crippen molar-refractivity contribution in [3.63, 3.8) is 0 Å². The summed E-state index contributed by atoms with van der Waals surface area (Å²) in [6, 6.07) is 0. The highest BCUT2D eigenvalue weighted by Crippen LogP contribution is 2.31. The molecule has 4 atom stereocenters. The molecule has 0 saturated carbocycles. The van der Waals surface area contributed by atoms with E-state index >= 15 is 0 Å². The molecule has 0 amide bonds. The number of carbonyl (C=O) groups excluding carboxylic acids is 2. The van der Waals surface area contributed by atoms with Gasteiger partial charge in [0.25, 0.3) is 0 Å². The summed E-state index contributed by atoms with van der Waals surface area (Å²) >= 11 is 6.73. The number of hydrogen-bond acceptors (Lipinski definition) is 5. The standard InChI is InChI=1S/C10H14Br2O5/c1-5(13)15-4-8-10(12)7(16-6(2)14)3-9(11)17-8/h7-10H,3-4H2,1-2H3/t7-,8-,9?,10+/m1/s1. The van der Waals surface area contributed by atoms with Crippen molar-refractivity contribution in [2.24, 2.45) is 0 Å². The maximum atomic E-state index is 11.0. The average molecular weight is 374 g/mol. The molecular formula is C10H14Br2O5. The van der Waals surface area contributed by atoms with Gasteiger partial charge in [-0.05, 0) is 0 Å². The Morgan fingerprint density at radius 2 is 1.94 bits per heavy atom. The van der Waals surface area contributed by atoms with Gasteiger partial charge >= 0.3 is 11.9 Å². The monoisotopic (exact) mass is 372 g/mol. The van der Waals surface area contributed by atoms with E-state index in [9.17, 15) is 9.59 Å². The minimum Gasteiger partial charge on any atom is -0.463 e. The second-order valence-corrected chi connectivity index (χ2v) is 5.79. The van der Waals surface area contributed by atoms with Crippen molar-refractivity contribution in [3.8, 4) is 0 Å². The van der Waals surface area contributed by atoms with Crippen LogP contribution < -0.4 is 0 Å². The summed E-state index contributed by atoms with van der Waals surface area (Å²) in [7, 11) is 0.